The maximum atomic E-state index is 11.1. The lowest BCUT2D eigenvalue weighted by atomic mass is 10.1. The number of aliphatic imine (C=N–C) groups is 1. The predicted octanol–water partition coefficient (Wildman–Crippen LogP) is 2.04. The van der Waals surface area contributed by atoms with Crippen LogP contribution in [0.2, 0.25) is 0 Å². The maximum absolute atomic E-state index is 11.1. The first-order valence-electron chi connectivity index (χ1n) is 4.38. The third-order valence-electron chi connectivity index (χ3n) is 1.82. The number of ether oxygens (including phenoxy) is 1. The molecule has 0 heterocycles. The minimum atomic E-state index is -0.330. The Bertz CT molecular complexity index is 371. The van der Waals surface area contributed by atoms with Crippen LogP contribution in [0.4, 0.5) is 0 Å². The minimum absolute atomic E-state index is 0.330. The summed E-state index contributed by atoms with van der Waals surface area (Å²) in [6.45, 7) is 0.564. The maximum Gasteiger partial charge on any atom is 0.337 e. The molecule has 4 heteroatoms. The van der Waals surface area contributed by atoms with Crippen molar-refractivity contribution in [2.75, 3.05) is 7.11 Å². The van der Waals surface area contributed by atoms with Gasteiger partial charge in [-0.25, -0.2) is 4.79 Å². The SMILES string of the molecule is COC(=O)c1ccc(CN=CC=S)cc1. The average Bonchev–Trinajstić information content (AvgIpc) is 2.29. The first-order valence-corrected chi connectivity index (χ1v) is 4.86. The largest absolute Gasteiger partial charge is 0.465 e. The van der Waals surface area contributed by atoms with Crippen molar-refractivity contribution in [3.8, 4) is 0 Å². The summed E-state index contributed by atoms with van der Waals surface area (Å²) in [5, 5.41) is 1.46. The summed E-state index contributed by atoms with van der Waals surface area (Å²) in [5.41, 5.74) is 1.57. The number of carbonyl (C=O) groups excluding carboxylic acids is 1. The summed E-state index contributed by atoms with van der Waals surface area (Å²) in [6, 6.07) is 7.11. The van der Waals surface area contributed by atoms with Crippen molar-refractivity contribution in [3.63, 3.8) is 0 Å². The first-order chi connectivity index (χ1) is 7.27. The van der Waals surface area contributed by atoms with Crippen LogP contribution in [-0.2, 0) is 11.3 Å². The lowest BCUT2D eigenvalue weighted by Crippen LogP contribution is -2.00. The van der Waals surface area contributed by atoms with Gasteiger partial charge in [0, 0.05) is 11.6 Å². The van der Waals surface area contributed by atoms with Gasteiger partial charge in [-0.2, -0.15) is 0 Å². The Morgan fingerprint density at radius 3 is 2.67 bits per heavy atom. The summed E-state index contributed by atoms with van der Waals surface area (Å²) in [6.07, 6.45) is 1.57. The van der Waals surface area contributed by atoms with Crippen LogP contribution >= 0.6 is 12.2 Å². The zero-order chi connectivity index (χ0) is 11.1. The Kier molecular flexibility index (Phi) is 4.63. The molecule has 0 aromatic heterocycles. The minimum Gasteiger partial charge on any atom is -0.465 e. The topological polar surface area (TPSA) is 38.7 Å². The molecule has 0 N–H and O–H groups in total. The van der Waals surface area contributed by atoms with Crippen LogP contribution in [0, 0.1) is 0 Å². The van der Waals surface area contributed by atoms with E-state index in [-0.39, 0.29) is 5.97 Å². The van der Waals surface area contributed by atoms with Gasteiger partial charge in [-0.3, -0.25) is 4.99 Å². The Hall–Kier alpha value is -1.55. The molecule has 78 valence electrons. The van der Waals surface area contributed by atoms with Crippen molar-refractivity contribution >= 4 is 29.8 Å². The number of carbonyl (C=O) groups is 1. The Morgan fingerprint density at radius 1 is 1.47 bits per heavy atom. The van der Waals surface area contributed by atoms with E-state index in [0.29, 0.717) is 12.1 Å². The highest BCUT2D eigenvalue weighted by Crippen LogP contribution is 2.06. The van der Waals surface area contributed by atoms with Gasteiger partial charge in [0.15, 0.2) is 0 Å². The van der Waals surface area contributed by atoms with Gasteiger partial charge in [-0.05, 0) is 17.7 Å². The van der Waals surface area contributed by atoms with E-state index in [1.165, 1.54) is 12.5 Å². The number of hydrogen-bond donors (Lipinski definition) is 0. The molecular formula is C11H11NO2S. The molecule has 0 radical (unpaired) electrons. The van der Waals surface area contributed by atoms with Crippen LogP contribution in [0.1, 0.15) is 15.9 Å². The summed E-state index contributed by atoms with van der Waals surface area (Å²) in [4.78, 5) is 15.2. The fraction of sp³-hybridized carbons (Fsp3) is 0.182. The molecule has 0 saturated carbocycles. The molecule has 0 unspecified atom stereocenters. The molecule has 0 spiro atoms. The molecule has 0 bridgehead atoms. The van der Waals surface area contributed by atoms with E-state index in [2.05, 4.69) is 21.9 Å². The van der Waals surface area contributed by atoms with Crippen molar-refractivity contribution in [1.29, 1.82) is 0 Å². The Balaban J connectivity index is 2.68. The van der Waals surface area contributed by atoms with E-state index in [4.69, 9.17) is 0 Å². The molecule has 0 saturated heterocycles. The lowest BCUT2D eigenvalue weighted by molar-refractivity contribution is 0.0600. The number of rotatable bonds is 4. The highest BCUT2D eigenvalue weighted by atomic mass is 32.1. The van der Waals surface area contributed by atoms with Gasteiger partial charge in [0.05, 0.1) is 19.2 Å². The molecule has 1 rings (SSSR count). The van der Waals surface area contributed by atoms with Gasteiger partial charge in [0.25, 0.3) is 0 Å². The third-order valence-corrected chi connectivity index (χ3v) is 1.94. The normalized spacial score (nSPS) is 10.2. The number of hydrogen-bond acceptors (Lipinski definition) is 4. The molecule has 1 aromatic carbocycles. The number of thiocarbonyl (C=S) groups is 1. The highest BCUT2D eigenvalue weighted by Gasteiger charge is 2.03. The molecule has 0 amide bonds. The Morgan fingerprint density at radius 2 is 2.13 bits per heavy atom. The van der Waals surface area contributed by atoms with Crippen LogP contribution in [0.5, 0.6) is 0 Å². The second-order valence-electron chi connectivity index (χ2n) is 2.81. The van der Waals surface area contributed by atoms with Crippen molar-refractivity contribution in [2.24, 2.45) is 4.99 Å². The van der Waals surface area contributed by atoms with Gasteiger partial charge < -0.3 is 4.74 Å². The molecular weight excluding hydrogens is 210 g/mol. The standard InChI is InChI=1S/C11H11NO2S/c1-14-11(13)10-4-2-9(3-5-10)8-12-6-7-15/h2-7H,8H2,1H3. The van der Waals surface area contributed by atoms with Crippen molar-refractivity contribution in [2.45, 2.75) is 6.54 Å². The van der Waals surface area contributed by atoms with Crippen LogP contribution in [0.25, 0.3) is 0 Å². The smallest absolute Gasteiger partial charge is 0.337 e. The predicted molar refractivity (Wildman–Crippen MR) is 63.6 cm³/mol. The van der Waals surface area contributed by atoms with E-state index in [0.717, 1.165) is 5.56 Å². The molecule has 0 aliphatic carbocycles. The van der Waals surface area contributed by atoms with E-state index >= 15 is 0 Å². The number of methoxy groups -OCH3 is 1. The van der Waals surface area contributed by atoms with Crippen LogP contribution in [0.15, 0.2) is 29.3 Å². The molecule has 15 heavy (non-hydrogen) atoms. The van der Waals surface area contributed by atoms with Gasteiger partial charge in [-0.1, -0.05) is 24.4 Å². The van der Waals surface area contributed by atoms with E-state index < -0.39 is 0 Å². The quantitative estimate of drug-likeness (QED) is 0.443. The summed E-state index contributed by atoms with van der Waals surface area (Å²) in [7, 11) is 1.36. The molecule has 0 fully saturated rings. The summed E-state index contributed by atoms with van der Waals surface area (Å²) >= 11 is 4.60. The summed E-state index contributed by atoms with van der Waals surface area (Å²) in [5.74, 6) is -0.330. The molecule has 0 atom stereocenters. The second-order valence-corrected chi connectivity index (χ2v) is 3.09. The zero-order valence-corrected chi connectivity index (χ0v) is 9.16. The first kappa shape index (κ1) is 11.5. The van der Waals surface area contributed by atoms with E-state index in [9.17, 15) is 4.79 Å². The second kappa shape index (κ2) is 6.03. The van der Waals surface area contributed by atoms with Crippen LogP contribution in [-0.4, -0.2) is 24.7 Å². The van der Waals surface area contributed by atoms with Crippen LogP contribution < -0.4 is 0 Å². The van der Waals surface area contributed by atoms with Gasteiger partial charge in [0.1, 0.15) is 0 Å². The van der Waals surface area contributed by atoms with E-state index in [1.807, 2.05) is 12.1 Å². The van der Waals surface area contributed by atoms with Gasteiger partial charge in [-0.15, -0.1) is 0 Å². The molecule has 3 nitrogen and oxygen atoms in total. The van der Waals surface area contributed by atoms with Crippen molar-refractivity contribution in [1.82, 2.24) is 0 Å². The van der Waals surface area contributed by atoms with Gasteiger partial charge in [0.2, 0.25) is 0 Å². The molecule has 0 aliphatic heterocycles. The number of esters is 1. The summed E-state index contributed by atoms with van der Waals surface area (Å²) < 4.78 is 4.59. The Labute approximate surface area is 93.8 Å². The zero-order valence-electron chi connectivity index (χ0n) is 8.34. The average molecular weight is 221 g/mol. The van der Waals surface area contributed by atoms with Crippen molar-refractivity contribution in [3.05, 3.63) is 35.4 Å². The molecule has 0 aliphatic rings. The van der Waals surface area contributed by atoms with Gasteiger partial charge >= 0.3 is 5.97 Å². The molecule has 1 aromatic rings. The number of nitrogens with zero attached hydrogens (tertiary/aromatic N) is 1. The third kappa shape index (κ3) is 3.59. The highest BCUT2D eigenvalue weighted by molar-refractivity contribution is 7.80. The van der Waals surface area contributed by atoms with Crippen molar-refractivity contribution < 1.29 is 9.53 Å². The van der Waals surface area contributed by atoms with E-state index in [1.54, 1.807) is 18.3 Å². The van der Waals surface area contributed by atoms with Crippen LogP contribution in [0.3, 0.4) is 0 Å². The fourth-order valence-corrected chi connectivity index (χ4v) is 1.15. The monoisotopic (exact) mass is 221 g/mol. The lowest BCUT2D eigenvalue weighted by Gasteiger charge is -2.00. The fourth-order valence-electron chi connectivity index (χ4n) is 1.07. The number of benzene rings is 1.